The maximum atomic E-state index is 12.3. The quantitative estimate of drug-likeness (QED) is 0.705. The molecule has 6 heteroatoms. The van der Waals surface area contributed by atoms with Crippen LogP contribution in [0.5, 0.6) is 0 Å². The molecule has 3 amide bonds. The van der Waals surface area contributed by atoms with Gasteiger partial charge in [-0.1, -0.05) is 31.5 Å². The molecule has 0 heterocycles. The number of nitrogens with one attached hydrogen (secondary N) is 3. The Kier molecular flexibility index (Phi) is 7.42. The van der Waals surface area contributed by atoms with Gasteiger partial charge in [-0.25, -0.2) is 0 Å². The highest BCUT2D eigenvalue weighted by atomic mass is 16.2. The lowest BCUT2D eigenvalue weighted by molar-refractivity contribution is -0.128. The van der Waals surface area contributed by atoms with Gasteiger partial charge in [0.2, 0.25) is 11.8 Å². The van der Waals surface area contributed by atoms with Gasteiger partial charge >= 0.3 is 0 Å². The number of amides is 3. The summed E-state index contributed by atoms with van der Waals surface area (Å²) in [5.74, 6) is -1.04. The number of rotatable bonds is 7. The van der Waals surface area contributed by atoms with Gasteiger partial charge in [0.15, 0.2) is 0 Å². The first kappa shape index (κ1) is 19.7. The molecule has 1 aromatic rings. The maximum Gasteiger partial charge on any atom is 0.251 e. The zero-order valence-electron chi connectivity index (χ0n) is 15.0. The van der Waals surface area contributed by atoms with Crippen LogP contribution in [-0.4, -0.2) is 36.3 Å². The molecule has 0 aromatic heterocycles. The van der Waals surface area contributed by atoms with E-state index >= 15 is 0 Å². The fraction of sp³-hybridized carbons (Fsp3) is 0.500. The van der Waals surface area contributed by atoms with Crippen LogP contribution in [0.4, 0.5) is 0 Å². The summed E-state index contributed by atoms with van der Waals surface area (Å²) < 4.78 is 0. The Morgan fingerprint density at radius 3 is 2.25 bits per heavy atom. The standard InChI is InChI=1S/C18H27N3O3/c1-11(2)16(18(24)19-10-15(22)20-12(3)4)21-17(23)14-8-6-7-13(5)9-14/h6-9,11-12,16H,10H2,1-5H3,(H,19,24)(H,20,22)(H,21,23)/t16-/m1/s1. The highest BCUT2D eigenvalue weighted by Gasteiger charge is 2.25. The summed E-state index contributed by atoms with van der Waals surface area (Å²) in [5, 5.41) is 8.01. The first-order chi connectivity index (χ1) is 11.2. The molecule has 0 aliphatic heterocycles. The minimum Gasteiger partial charge on any atom is -0.352 e. The lowest BCUT2D eigenvalue weighted by atomic mass is 10.0. The smallest absolute Gasteiger partial charge is 0.251 e. The predicted molar refractivity (Wildman–Crippen MR) is 93.6 cm³/mol. The fourth-order valence-electron chi connectivity index (χ4n) is 2.20. The third kappa shape index (κ3) is 6.40. The molecule has 1 aromatic carbocycles. The van der Waals surface area contributed by atoms with Crippen LogP contribution < -0.4 is 16.0 Å². The molecule has 0 spiro atoms. The molecule has 6 nitrogen and oxygen atoms in total. The molecule has 0 unspecified atom stereocenters. The Balaban J connectivity index is 2.67. The van der Waals surface area contributed by atoms with Gasteiger partial charge in [0.05, 0.1) is 6.54 Å². The Morgan fingerprint density at radius 1 is 1.04 bits per heavy atom. The molecular formula is C18H27N3O3. The van der Waals surface area contributed by atoms with Gasteiger partial charge in [-0.15, -0.1) is 0 Å². The summed E-state index contributed by atoms with van der Waals surface area (Å²) in [5.41, 5.74) is 1.48. The first-order valence-corrected chi connectivity index (χ1v) is 8.15. The van der Waals surface area contributed by atoms with E-state index in [2.05, 4.69) is 16.0 Å². The van der Waals surface area contributed by atoms with Crippen molar-refractivity contribution in [1.82, 2.24) is 16.0 Å². The summed E-state index contributed by atoms with van der Waals surface area (Å²) in [6.45, 7) is 9.17. The molecule has 0 saturated heterocycles. The summed E-state index contributed by atoms with van der Waals surface area (Å²) in [6.07, 6.45) is 0. The van der Waals surface area contributed by atoms with Crippen molar-refractivity contribution in [2.75, 3.05) is 6.54 Å². The van der Waals surface area contributed by atoms with Crippen LogP contribution in [0.3, 0.4) is 0 Å². The maximum absolute atomic E-state index is 12.3. The lowest BCUT2D eigenvalue weighted by Crippen LogP contribution is -2.51. The van der Waals surface area contributed by atoms with Gasteiger partial charge in [0.25, 0.3) is 5.91 Å². The van der Waals surface area contributed by atoms with E-state index in [9.17, 15) is 14.4 Å². The molecule has 0 aliphatic rings. The second-order valence-electron chi connectivity index (χ2n) is 6.50. The number of carbonyl (C=O) groups excluding carboxylic acids is 3. The largest absolute Gasteiger partial charge is 0.352 e. The topological polar surface area (TPSA) is 87.3 Å². The SMILES string of the molecule is Cc1cccc(C(=O)N[C@@H](C(=O)NCC(=O)NC(C)C)C(C)C)c1. The summed E-state index contributed by atoms with van der Waals surface area (Å²) >= 11 is 0. The second kappa shape index (κ2) is 9.05. The van der Waals surface area contributed by atoms with Crippen LogP contribution in [-0.2, 0) is 9.59 Å². The van der Waals surface area contributed by atoms with E-state index < -0.39 is 6.04 Å². The summed E-state index contributed by atoms with van der Waals surface area (Å²) in [7, 11) is 0. The molecule has 1 rings (SSSR count). The van der Waals surface area contributed by atoms with Crippen molar-refractivity contribution in [2.45, 2.75) is 46.7 Å². The summed E-state index contributed by atoms with van der Waals surface area (Å²) in [6, 6.07) is 6.47. The van der Waals surface area contributed by atoms with E-state index in [1.807, 2.05) is 40.7 Å². The Hall–Kier alpha value is -2.37. The molecule has 3 N–H and O–H groups in total. The molecule has 0 aliphatic carbocycles. The van der Waals surface area contributed by atoms with Gasteiger partial charge in [0.1, 0.15) is 6.04 Å². The van der Waals surface area contributed by atoms with E-state index in [1.165, 1.54) is 0 Å². The number of carbonyl (C=O) groups is 3. The second-order valence-corrected chi connectivity index (χ2v) is 6.50. The van der Waals surface area contributed by atoms with Crippen molar-refractivity contribution in [3.8, 4) is 0 Å². The lowest BCUT2D eigenvalue weighted by Gasteiger charge is -2.22. The number of benzene rings is 1. The predicted octanol–water partition coefficient (Wildman–Crippen LogP) is 1.39. The van der Waals surface area contributed by atoms with Gasteiger partial charge in [-0.2, -0.15) is 0 Å². The number of aryl methyl sites for hydroxylation is 1. The van der Waals surface area contributed by atoms with Gasteiger partial charge < -0.3 is 16.0 Å². The zero-order valence-corrected chi connectivity index (χ0v) is 15.0. The minimum atomic E-state index is -0.704. The first-order valence-electron chi connectivity index (χ1n) is 8.15. The van der Waals surface area contributed by atoms with Gasteiger partial charge in [-0.3, -0.25) is 14.4 Å². The molecule has 1 atom stereocenters. The van der Waals surface area contributed by atoms with E-state index in [0.717, 1.165) is 5.56 Å². The molecule has 0 saturated carbocycles. The normalized spacial score (nSPS) is 12.0. The zero-order chi connectivity index (χ0) is 18.3. The van der Waals surface area contributed by atoms with E-state index in [4.69, 9.17) is 0 Å². The third-order valence-corrected chi connectivity index (χ3v) is 3.39. The third-order valence-electron chi connectivity index (χ3n) is 3.39. The molecule has 24 heavy (non-hydrogen) atoms. The van der Waals surface area contributed by atoms with Crippen LogP contribution in [0.25, 0.3) is 0 Å². The molecule has 0 fully saturated rings. The Morgan fingerprint density at radius 2 is 1.71 bits per heavy atom. The van der Waals surface area contributed by atoms with Crippen molar-refractivity contribution in [2.24, 2.45) is 5.92 Å². The van der Waals surface area contributed by atoms with Crippen molar-refractivity contribution in [3.05, 3.63) is 35.4 Å². The van der Waals surface area contributed by atoms with E-state index in [0.29, 0.717) is 5.56 Å². The van der Waals surface area contributed by atoms with Crippen LogP contribution in [0, 0.1) is 12.8 Å². The van der Waals surface area contributed by atoms with Gasteiger partial charge in [0, 0.05) is 11.6 Å². The molecule has 0 bridgehead atoms. The number of hydrogen-bond acceptors (Lipinski definition) is 3. The van der Waals surface area contributed by atoms with E-state index in [-0.39, 0.29) is 36.2 Å². The average molecular weight is 333 g/mol. The van der Waals surface area contributed by atoms with Crippen molar-refractivity contribution in [1.29, 1.82) is 0 Å². The monoisotopic (exact) mass is 333 g/mol. The fourth-order valence-corrected chi connectivity index (χ4v) is 2.20. The van der Waals surface area contributed by atoms with Gasteiger partial charge in [-0.05, 0) is 38.8 Å². The Bertz CT molecular complexity index is 597. The Labute approximate surface area is 143 Å². The van der Waals surface area contributed by atoms with Crippen LogP contribution in [0.2, 0.25) is 0 Å². The van der Waals surface area contributed by atoms with E-state index in [1.54, 1.807) is 18.2 Å². The summed E-state index contributed by atoms with van der Waals surface area (Å²) in [4.78, 5) is 36.3. The highest BCUT2D eigenvalue weighted by Crippen LogP contribution is 2.07. The van der Waals surface area contributed by atoms with Crippen molar-refractivity contribution < 1.29 is 14.4 Å². The molecule has 132 valence electrons. The average Bonchev–Trinajstić information content (AvgIpc) is 2.49. The molecule has 0 radical (unpaired) electrons. The van der Waals surface area contributed by atoms with Crippen LogP contribution >= 0.6 is 0 Å². The minimum absolute atomic E-state index is 0.0105. The van der Waals surface area contributed by atoms with Crippen LogP contribution in [0.15, 0.2) is 24.3 Å². The highest BCUT2D eigenvalue weighted by molar-refractivity contribution is 5.98. The van der Waals surface area contributed by atoms with Crippen molar-refractivity contribution >= 4 is 17.7 Å². The number of hydrogen-bond donors (Lipinski definition) is 3. The van der Waals surface area contributed by atoms with Crippen molar-refractivity contribution in [3.63, 3.8) is 0 Å². The van der Waals surface area contributed by atoms with Crippen LogP contribution in [0.1, 0.15) is 43.6 Å². The molecular weight excluding hydrogens is 306 g/mol.